The first kappa shape index (κ1) is 37.3. The van der Waals surface area contributed by atoms with E-state index in [0.29, 0.717) is 18.6 Å². The van der Waals surface area contributed by atoms with Gasteiger partial charge in [0.05, 0.1) is 26.0 Å². The summed E-state index contributed by atoms with van der Waals surface area (Å²) in [5.74, 6) is -1.68. The molecule has 0 aromatic heterocycles. The van der Waals surface area contributed by atoms with Crippen molar-refractivity contribution in [2.75, 3.05) is 12.0 Å². The third-order valence-electron chi connectivity index (χ3n) is 4.18. The number of hydrogen-bond donors (Lipinski definition) is 1. The van der Waals surface area contributed by atoms with Crippen LogP contribution in [0.3, 0.4) is 0 Å². The fraction of sp³-hybridized carbons (Fsp3) is 0.565. The lowest BCUT2D eigenvalue weighted by molar-refractivity contribution is -0.311. The average molecular weight is 537 g/mol. The molecule has 0 aliphatic heterocycles. The van der Waals surface area contributed by atoms with Crippen molar-refractivity contribution < 1.29 is 40.6 Å². The Morgan fingerprint density at radius 2 is 1.46 bits per heavy atom. The van der Waals surface area contributed by atoms with Gasteiger partial charge in [0.1, 0.15) is 0 Å². The molecule has 1 N–H and O–H groups in total. The van der Waals surface area contributed by atoms with Crippen LogP contribution in [0.2, 0.25) is 0 Å². The van der Waals surface area contributed by atoms with Gasteiger partial charge in [-0.3, -0.25) is 4.79 Å². The summed E-state index contributed by atoms with van der Waals surface area (Å²) >= 11 is 0. The van der Waals surface area contributed by atoms with E-state index in [4.69, 9.17) is 13.0 Å². The zero-order valence-corrected chi connectivity index (χ0v) is 23.1. The van der Waals surface area contributed by atoms with Gasteiger partial charge in [0, 0.05) is 17.8 Å². The Bertz CT molecular complexity index is 950. The van der Waals surface area contributed by atoms with E-state index in [0.717, 1.165) is 6.08 Å². The lowest BCUT2D eigenvalue weighted by atomic mass is 9.99. The fourth-order valence-corrected chi connectivity index (χ4v) is 3.00. The second-order valence-corrected chi connectivity index (χ2v) is 11.1. The van der Waals surface area contributed by atoms with Crippen molar-refractivity contribution in [3.8, 4) is 0 Å². The van der Waals surface area contributed by atoms with Crippen molar-refractivity contribution in [2.45, 2.75) is 65.8 Å². The molecule has 0 bridgehead atoms. The lowest BCUT2D eigenvalue weighted by Gasteiger charge is -2.26. The molecule has 0 aliphatic rings. The van der Waals surface area contributed by atoms with Gasteiger partial charge in [-0.2, -0.15) is 0 Å². The SMILES string of the molecule is C=CC(=O)NC(C)(C)CS(=O)(=O)[O-].CCC(C)C(=O)[O-].CCC(C)c1ccccc1.CS(=O)(=O)[O-]. The third-order valence-corrected chi connectivity index (χ3v) is 5.26. The molecule has 2 unspecified atom stereocenters. The van der Waals surface area contributed by atoms with Gasteiger partial charge in [0.25, 0.3) is 0 Å². The molecule has 1 aromatic rings. The van der Waals surface area contributed by atoms with Crippen molar-refractivity contribution in [1.82, 2.24) is 5.32 Å². The van der Waals surface area contributed by atoms with Gasteiger partial charge in [0.2, 0.25) is 5.91 Å². The summed E-state index contributed by atoms with van der Waals surface area (Å²) in [6, 6.07) is 10.6. The number of carbonyl (C=O) groups is 2. The quantitative estimate of drug-likeness (QED) is 0.382. The van der Waals surface area contributed by atoms with Gasteiger partial charge in [-0.05, 0) is 50.2 Å². The number of aliphatic carboxylic acids is 1. The summed E-state index contributed by atoms with van der Waals surface area (Å²) in [5.41, 5.74) is 0.385. The van der Waals surface area contributed by atoms with E-state index < -0.39 is 43.4 Å². The molecule has 1 rings (SSSR count). The maximum Gasteiger partial charge on any atom is 0.243 e. The van der Waals surface area contributed by atoms with Crippen molar-refractivity contribution >= 4 is 32.1 Å². The fourth-order valence-electron chi connectivity index (χ4n) is 2.05. The molecule has 35 heavy (non-hydrogen) atoms. The van der Waals surface area contributed by atoms with E-state index in [2.05, 4.69) is 56.1 Å². The van der Waals surface area contributed by atoms with E-state index >= 15 is 0 Å². The molecule has 0 fully saturated rings. The van der Waals surface area contributed by atoms with Crippen LogP contribution in [-0.4, -0.2) is 55.4 Å². The van der Waals surface area contributed by atoms with Gasteiger partial charge >= 0.3 is 0 Å². The first-order valence-electron chi connectivity index (χ1n) is 10.7. The molecule has 1 amide bonds. The van der Waals surface area contributed by atoms with Gasteiger partial charge in [-0.1, -0.05) is 64.6 Å². The average Bonchev–Trinajstić information content (AvgIpc) is 2.70. The molecule has 0 heterocycles. The predicted octanol–water partition coefficient (Wildman–Crippen LogP) is 1.76. The summed E-state index contributed by atoms with van der Waals surface area (Å²) < 4.78 is 58.4. The minimum atomic E-state index is -4.33. The maximum atomic E-state index is 10.8. The molecule has 10 nitrogen and oxygen atoms in total. The van der Waals surface area contributed by atoms with Gasteiger partial charge < -0.3 is 24.3 Å². The van der Waals surface area contributed by atoms with Gasteiger partial charge in [-0.25, -0.2) is 16.8 Å². The van der Waals surface area contributed by atoms with Crippen LogP contribution in [0.1, 0.15) is 65.9 Å². The van der Waals surface area contributed by atoms with Crippen LogP contribution in [0.15, 0.2) is 43.0 Å². The molecule has 1 aromatic carbocycles. The zero-order chi connectivity index (χ0) is 28.5. The van der Waals surface area contributed by atoms with Crippen LogP contribution in [0.4, 0.5) is 0 Å². The van der Waals surface area contributed by atoms with Gasteiger partial charge in [-0.15, -0.1) is 0 Å². The summed E-state index contributed by atoms with van der Waals surface area (Å²) in [4.78, 5) is 20.6. The van der Waals surface area contributed by atoms with Crippen LogP contribution in [0, 0.1) is 5.92 Å². The lowest BCUT2D eigenvalue weighted by Crippen LogP contribution is -2.47. The third kappa shape index (κ3) is 29.7. The van der Waals surface area contributed by atoms with Crippen LogP contribution in [-0.2, 0) is 29.8 Å². The van der Waals surface area contributed by atoms with Crippen LogP contribution in [0.25, 0.3) is 0 Å². The standard InChI is InChI=1S/C10H14.C7H13NO4S.C5H10O2.CH4O3S/c1-3-9(2)10-7-5-4-6-8-10;1-4-6(9)8-7(2,3)5-13(10,11)12;1-3-4(2)5(6)7;1-5(2,3)4/h4-9H,3H2,1-2H3;4H,1,5H2,2-3H3,(H,8,9)(H,10,11,12);4H,3H2,1-2H3,(H,6,7);1H3,(H,2,3,4)/p-3. The number of hydrogen-bond acceptors (Lipinski definition) is 9. The van der Waals surface area contributed by atoms with Crippen molar-refractivity contribution in [1.29, 1.82) is 0 Å². The molecule has 2 atom stereocenters. The summed E-state index contributed by atoms with van der Waals surface area (Å²) in [6.45, 7) is 14.0. The zero-order valence-electron chi connectivity index (χ0n) is 21.4. The first-order valence-corrected chi connectivity index (χ1v) is 14.1. The summed E-state index contributed by atoms with van der Waals surface area (Å²) in [5, 5.41) is 12.1. The van der Waals surface area contributed by atoms with Gasteiger partial charge in [0.15, 0.2) is 0 Å². The minimum absolute atomic E-state index is 0.292. The van der Waals surface area contributed by atoms with Crippen LogP contribution < -0.4 is 10.4 Å². The molecule has 0 saturated carbocycles. The Kier molecular flexibility index (Phi) is 19.2. The van der Waals surface area contributed by atoms with E-state index in [1.54, 1.807) is 6.92 Å². The van der Waals surface area contributed by atoms with Crippen molar-refractivity contribution in [3.63, 3.8) is 0 Å². The topological polar surface area (TPSA) is 184 Å². The Morgan fingerprint density at radius 3 is 1.71 bits per heavy atom. The molecule has 0 spiro atoms. The smallest absolute Gasteiger partial charge is 0.243 e. The molecule has 12 heteroatoms. The highest BCUT2D eigenvalue weighted by Gasteiger charge is 2.22. The second kappa shape index (κ2) is 18.1. The number of nitrogens with one attached hydrogen (secondary N) is 1. The normalized spacial score (nSPS) is 12.6. The number of amides is 1. The Balaban J connectivity index is -0.000000414. The Morgan fingerprint density at radius 1 is 1.03 bits per heavy atom. The number of benzene rings is 1. The predicted molar refractivity (Wildman–Crippen MR) is 132 cm³/mol. The van der Waals surface area contributed by atoms with E-state index in [1.165, 1.54) is 25.8 Å². The highest BCUT2D eigenvalue weighted by atomic mass is 32.2. The monoisotopic (exact) mass is 536 g/mol. The molecular weight excluding hydrogens is 498 g/mol. The first-order chi connectivity index (χ1) is 15.7. The van der Waals surface area contributed by atoms with Crippen LogP contribution in [0.5, 0.6) is 0 Å². The van der Waals surface area contributed by atoms with E-state index in [-0.39, 0.29) is 5.92 Å². The largest absolute Gasteiger partial charge is 0.748 e. The molecule has 0 radical (unpaired) electrons. The molecule has 0 aliphatic carbocycles. The van der Waals surface area contributed by atoms with Crippen molar-refractivity contribution in [3.05, 3.63) is 48.6 Å². The highest BCUT2D eigenvalue weighted by Crippen LogP contribution is 2.16. The highest BCUT2D eigenvalue weighted by molar-refractivity contribution is 7.85. The van der Waals surface area contributed by atoms with Crippen LogP contribution >= 0.6 is 0 Å². The molecular formula is C23H38NO9S2-3. The number of carbonyl (C=O) groups excluding carboxylic acids is 2. The number of carboxylic acid groups (broad SMARTS) is 1. The second-order valence-electron chi connectivity index (χ2n) is 8.33. The summed E-state index contributed by atoms with van der Waals surface area (Å²) in [6.07, 6.45) is 3.50. The number of rotatable bonds is 8. The Labute approximate surface area is 210 Å². The Hall–Kier alpha value is -2.28. The van der Waals surface area contributed by atoms with Crippen molar-refractivity contribution in [2.24, 2.45) is 5.92 Å². The molecule has 0 saturated heterocycles. The minimum Gasteiger partial charge on any atom is -0.748 e. The summed E-state index contributed by atoms with van der Waals surface area (Å²) in [7, 11) is -8.25. The van der Waals surface area contributed by atoms with E-state index in [9.17, 15) is 27.7 Å². The number of carboxylic acids is 1. The maximum absolute atomic E-state index is 10.8. The molecule has 204 valence electrons. The van der Waals surface area contributed by atoms with E-state index in [1.807, 2.05) is 6.92 Å².